The van der Waals surface area contributed by atoms with Gasteiger partial charge in [-0.3, -0.25) is 4.79 Å². The highest BCUT2D eigenvalue weighted by Gasteiger charge is 2.35. The van der Waals surface area contributed by atoms with Crippen molar-refractivity contribution in [3.05, 3.63) is 59.7 Å². The van der Waals surface area contributed by atoms with Gasteiger partial charge in [0.15, 0.2) is 17.6 Å². The van der Waals surface area contributed by atoms with E-state index in [-0.39, 0.29) is 18.1 Å². The zero-order valence-corrected chi connectivity index (χ0v) is 17.1. The standard InChI is InChI=1S/C24H28N2O4/c27-24(25-21-13-26-10-8-18(21)9-11-26)19-6-7-22-23(12-19)30-20(16-29-22)15-28-14-17-4-2-1-3-5-17/h1-7,12,18,20-21H,8-11,13-16H2,(H,25,27)/t20-,21+/m1/s1. The van der Waals surface area contributed by atoms with Gasteiger partial charge >= 0.3 is 0 Å². The number of fused-ring (bicyclic) bond motifs is 4. The Kier molecular flexibility index (Phi) is 5.60. The van der Waals surface area contributed by atoms with Gasteiger partial charge in [-0.1, -0.05) is 30.3 Å². The molecular formula is C24H28N2O4. The van der Waals surface area contributed by atoms with Gasteiger partial charge in [-0.15, -0.1) is 0 Å². The van der Waals surface area contributed by atoms with Crippen molar-refractivity contribution in [2.24, 2.45) is 5.92 Å². The molecule has 6 rings (SSSR count). The summed E-state index contributed by atoms with van der Waals surface area (Å²) in [5, 5.41) is 3.24. The lowest BCUT2D eigenvalue weighted by atomic mass is 9.84. The van der Waals surface area contributed by atoms with Crippen molar-refractivity contribution >= 4 is 5.91 Å². The maximum absolute atomic E-state index is 12.8. The molecule has 4 heterocycles. The van der Waals surface area contributed by atoms with E-state index < -0.39 is 0 Å². The lowest BCUT2D eigenvalue weighted by Crippen LogP contribution is -2.57. The number of carbonyl (C=O) groups is 1. The molecule has 2 bridgehead atoms. The number of benzene rings is 2. The summed E-state index contributed by atoms with van der Waals surface area (Å²) >= 11 is 0. The minimum absolute atomic E-state index is 0.0393. The van der Waals surface area contributed by atoms with E-state index in [2.05, 4.69) is 10.2 Å². The van der Waals surface area contributed by atoms with Gasteiger partial charge < -0.3 is 24.4 Å². The van der Waals surface area contributed by atoms with Crippen LogP contribution in [0.4, 0.5) is 0 Å². The summed E-state index contributed by atoms with van der Waals surface area (Å²) < 4.78 is 17.7. The fourth-order valence-corrected chi connectivity index (χ4v) is 4.60. The Morgan fingerprint density at radius 2 is 1.93 bits per heavy atom. The second kappa shape index (κ2) is 8.66. The van der Waals surface area contributed by atoms with Crippen molar-refractivity contribution in [1.82, 2.24) is 10.2 Å². The molecule has 30 heavy (non-hydrogen) atoms. The number of nitrogens with zero attached hydrogens (tertiary/aromatic N) is 1. The summed E-state index contributed by atoms with van der Waals surface area (Å²) in [6.07, 6.45) is 2.16. The molecule has 2 aromatic carbocycles. The SMILES string of the molecule is O=C(N[C@H]1CN2CCC1CC2)c1ccc2c(c1)O[C@H](COCc1ccccc1)CO2. The number of amides is 1. The van der Waals surface area contributed by atoms with Crippen LogP contribution in [-0.2, 0) is 11.3 Å². The first-order chi connectivity index (χ1) is 14.7. The van der Waals surface area contributed by atoms with Gasteiger partial charge in [0.05, 0.1) is 13.2 Å². The quantitative estimate of drug-likeness (QED) is 0.797. The normalized spacial score (nSPS) is 26.9. The van der Waals surface area contributed by atoms with Crippen LogP contribution < -0.4 is 14.8 Å². The van der Waals surface area contributed by atoms with Gasteiger partial charge in [-0.2, -0.15) is 0 Å². The van der Waals surface area contributed by atoms with Crippen LogP contribution >= 0.6 is 0 Å². The Bertz CT molecular complexity index is 880. The molecule has 1 N–H and O–H groups in total. The van der Waals surface area contributed by atoms with Crippen molar-refractivity contribution < 1.29 is 19.0 Å². The summed E-state index contributed by atoms with van der Waals surface area (Å²) in [5.41, 5.74) is 1.74. The Morgan fingerprint density at radius 3 is 2.70 bits per heavy atom. The van der Waals surface area contributed by atoms with Gasteiger partial charge in [-0.25, -0.2) is 0 Å². The van der Waals surface area contributed by atoms with E-state index in [9.17, 15) is 4.79 Å². The number of hydrogen-bond donors (Lipinski definition) is 1. The summed E-state index contributed by atoms with van der Waals surface area (Å²) in [4.78, 5) is 15.3. The fraction of sp³-hybridized carbons (Fsp3) is 0.458. The Morgan fingerprint density at radius 1 is 1.10 bits per heavy atom. The van der Waals surface area contributed by atoms with Crippen LogP contribution in [0.2, 0.25) is 0 Å². The van der Waals surface area contributed by atoms with Crippen LogP contribution in [-0.4, -0.2) is 55.8 Å². The molecule has 3 fully saturated rings. The minimum atomic E-state index is -0.193. The molecular weight excluding hydrogens is 380 g/mol. The molecule has 2 atom stereocenters. The average Bonchev–Trinajstić information content (AvgIpc) is 2.80. The van der Waals surface area contributed by atoms with Gasteiger partial charge in [0.1, 0.15) is 6.61 Å². The Hall–Kier alpha value is -2.57. The first kappa shape index (κ1) is 19.4. The summed E-state index contributed by atoms with van der Waals surface area (Å²) in [6.45, 7) is 4.69. The summed E-state index contributed by atoms with van der Waals surface area (Å²) in [5.74, 6) is 1.84. The monoisotopic (exact) mass is 408 g/mol. The third kappa shape index (κ3) is 4.30. The van der Waals surface area contributed by atoms with Gasteiger partial charge in [0, 0.05) is 18.2 Å². The van der Waals surface area contributed by atoms with Crippen LogP contribution in [0.3, 0.4) is 0 Å². The predicted molar refractivity (Wildman–Crippen MR) is 113 cm³/mol. The summed E-state index contributed by atoms with van der Waals surface area (Å²) in [6, 6.07) is 15.7. The van der Waals surface area contributed by atoms with Crippen molar-refractivity contribution in [3.8, 4) is 11.5 Å². The third-order valence-electron chi connectivity index (χ3n) is 6.31. The van der Waals surface area contributed by atoms with Gasteiger partial charge in [0.25, 0.3) is 5.91 Å². The van der Waals surface area contributed by atoms with Gasteiger partial charge in [-0.05, 0) is 55.6 Å². The molecule has 6 nitrogen and oxygen atoms in total. The van der Waals surface area contributed by atoms with E-state index in [1.165, 1.54) is 12.8 Å². The number of hydrogen-bond acceptors (Lipinski definition) is 5. The largest absolute Gasteiger partial charge is 0.486 e. The zero-order chi connectivity index (χ0) is 20.3. The van der Waals surface area contributed by atoms with E-state index >= 15 is 0 Å². The topological polar surface area (TPSA) is 60.0 Å². The smallest absolute Gasteiger partial charge is 0.251 e. The lowest BCUT2D eigenvalue weighted by molar-refractivity contribution is 0.00266. The molecule has 158 valence electrons. The van der Waals surface area contributed by atoms with E-state index in [0.717, 1.165) is 25.2 Å². The highest BCUT2D eigenvalue weighted by atomic mass is 16.6. The molecule has 0 aliphatic carbocycles. The number of carbonyl (C=O) groups excluding carboxylic acids is 1. The van der Waals surface area contributed by atoms with E-state index in [0.29, 0.717) is 42.8 Å². The van der Waals surface area contributed by atoms with Crippen LogP contribution in [0.15, 0.2) is 48.5 Å². The van der Waals surface area contributed by atoms with E-state index in [1.54, 1.807) is 6.07 Å². The highest BCUT2D eigenvalue weighted by Crippen LogP contribution is 2.33. The van der Waals surface area contributed by atoms with E-state index in [1.807, 2.05) is 42.5 Å². The van der Waals surface area contributed by atoms with Crippen molar-refractivity contribution in [2.75, 3.05) is 32.8 Å². The third-order valence-corrected chi connectivity index (χ3v) is 6.31. The summed E-state index contributed by atoms with van der Waals surface area (Å²) in [7, 11) is 0. The molecule has 0 saturated carbocycles. The van der Waals surface area contributed by atoms with Crippen molar-refractivity contribution in [3.63, 3.8) is 0 Å². The number of ether oxygens (including phenoxy) is 3. The second-order valence-corrected chi connectivity index (χ2v) is 8.43. The molecule has 2 aromatic rings. The number of rotatable bonds is 6. The predicted octanol–water partition coefficient (Wildman–Crippen LogP) is 2.87. The first-order valence-corrected chi connectivity index (χ1v) is 10.8. The lowest BCUT2D eigenvalue weighted by Gasteiger charge is -2.44. The molecule has 4 aliphatic rings. The highest BCUT2D eigenvalue weighted by molar-refractivity contribution is 5.95. The maximum atomic E-state index is 12.8. The van der Waals surface area contributed by atoms with Crippen molar-refractivity contribution in [1.29, 1.82) is 0 Å². The van der Waals surface area contributed by atoms with Gasteiger partial charge in [0.2, 0.25) is 0 Å². The zero-order valence-electron chi connectivity index (χ0n) is 17.1. The molecule has 0 unspecified atom stereocenters. The van der Waals surface area contributed by atoms with Crippen molar-refractivity contribution in [2.45, 2.75) is 31.6 Å². The second-order valence-electron chi connectivity index (χ2n) is 8.43. The molecule has 4 aliphatic heterocycles. The van der Waals surface area contributed by atoms with Crippen LogP contribution in [0.1, 0.15) is 28.8 Å². The maximum Gasteiger partial charge on any atom is 0.251 e. The molecule has 0 aromatic heterocycles. The minimum Gasteiger partial charge on any atom is -0.486 e. The Balaban J connectivity index is 1.17. The molecule has 3 saturated heterocycles. The fourth-order valence-electron chi connectivity index (χ4n) is 4.60. The van der Waals surface area contributed by atoms with Crippen LogP contribution in [0.5, 0.6) is 11.5 Å². The van der Waals surface area contributed by atoms with Crippen LogP contribution in [0, 0.1) is 5.92 Å². The van der Waals surface area contributed by atoms with Crippen LogP contribution in [0.25, 0.3) is 0 Å². The molecule has 0 spiro atoms. The number of nitrogens with one attached hydrogen (secondary N) is 1. The number of piperidine rings is 3. The average molecular weight is 408 g/mol. The molecule has 0 radical (unpaired) electrons. The first-order valence-electron chi connectivity index (χ1n) is 10.8. The molecule has 1 amide bonds. The molecule has 6 heteroatoms. The van der Waals surface area contributed by atoms with E-state index in [4.69, 9.17) is 14.2 Å². The Labute approximate surface area is 177 Å².